The van der Waals surface area contributed by atoms with Crippen LogP contribution in [0.4, 0.5) is 0 Å². The zero-order valence-corrected chi connectivity index (χ0v) is 8.54. The minimum absolute atomic E-state index is 0.124. The van der Waals surface area contributed by atoms with E-state index in [1.54, 1.807) is 0 Å². The Morgan fingerprint density at radius 1 is 1.33 bits per heavy atom. The van der Waals surface area contributed by atoms with E-state index in [-0.39, 0.29) is 24.4 Å². The Kier molecular flexibility index (Phi) is 1.95. The van der Waals surface area contributed by atoms with Crippen molar-refractivity contribution < 1.29 is 24.8 Å². The molecule has 0 bridgehead atoms. The van der Waals surface area contributed by atoms with Crippen molar-refractivity contribution in [1.29, 1.82) is 0 Å². The van der Waals surface area contributed by atoms with Crippen LogP contribution in [-0.4, -0.2) is 46.2 Å². The summed E-state index contributed by atoms with van der Waals surface area (Å²) in [6, 6.07) is 0. The van der Waals surface area contributed by atoms with Gasteiger partial charge in [0, 0.05) is 24.2 Å². The molecule has 0 unspecified atom stereocenters. The predicted octanol–water partition coefficient (Wildman–Crippen LogP) is -0.945. The average molecular weight is 216 g/mol. The molecule has 0 amide bonds. The van der Waals surface area contributed by atoms with Crippen LogP contribution in [0.5, 0.6) is 0 Å². The maximum absolute atomic E-state index is 10.4. The van der Waals surface area contributed by atoms with Crippen LogP contribution in [0.25, 0.3) is 0 Å². The van der Waals surface area contributed by atoms with Crippen molar-refractivity contribution in [3.8, 4) is 0 Å². The number of hydrogen-bond donors (Lipinski definition) is 3. The molecule has 15 heavy (non-hydrogen) atoms. The van der Waals surface area contributed by atoms with Crippen LogP contribution < -0.4 is 0 Å². The van der Waals surface area contributed by atoms with Crippen molar-refractivity contribution in [2.45, 2.75) is 37.6 Å². The van der Waals surface area contributed by atoms with Gasteiger partial charge in [0.15, 0.2) is 12.6 Å². The highest BCUT2D eigenvalue weighted by Gasteiger charge is 2.66. The Morgan fingerprint density at radius 2 is 2.07 bits per heavy atom. The molecular weight excluding hydrogens is 200 g/mol. The quantitative estimate of drug-likeness (QED) is 0.487. The van der Waals surface area contributed by atoms with Gasteiger partial charge in [0.2, 0.25) is 0 Å². The molecule has 3 N–H and O–H groups in total. The molecule has 0 radical (unpaired) electrons. The zero-order valence-electron chi connectivity index (χ0n) is 8.54. The van der Waals surface area contributed by atoms with Crippen LogP contribution in [0.1, 0.15) is 13.3 Å². The van der Waals surface area contributed by atoms with Gasteiger partial charge in [0.05, 0.1) is 12.7 Å². The van der Waals surface area contributed by atoms with Crippen LogP contribution in [0.3, 0.4) is 0 Å². The van der Waals surface area contributed by atoms with E-state index in [4.69, 9.17) is 9.47 Å². The Balaban J connectivity index is 1.98. The second-order valence-electron chi connectivity index (χ2n) is 4.97. The van der Waals surface area contributed by atoms with Gasteiger partial charge >= 0.3 is 0 Å². The van der Waals surface area contributed by atoms with Gasteiger partial charge in [-0.05, 0) is 0 Å². The van der Waals surface area contributed by atoms with Crippen LogP contribution in [-0.2, 0) is 9.47 Å². The lowest BCUT2D eigenvalue weighted by molar-refractivity contribution is -0.266. The Morgan fingerprint density at radius 3 is 2.80 bits per heavy atom. The molecule has 5 nitrogen and oxygen atoms in total. The smallest absolute Gasteiger partial charge is 0.166 e. The van der Waals surface area contributed by atoms with Crippen molar-refractivity contribution >= 4 is 0 Å². The van der Waals surface area contributed by atoms with E-state index in [9.17, 15) is 15.3 Å². The Bertz CT molecular complexity index is 283. The molecule has 0 aromatic rings. The molecule has 0 spiro atoms. The molecule has 3 aliphatic rings. The molecule has 1 saturated carbocycles. The van der Waals surface area contributed by atoms with E-state index >= 15 is 0 Å². The highest BCUT2D eigenvalue weighted by atomic mass is 16.7. The molecule has 0 aromatic heterocycles. The molecule has 2 saturated heterocycles. The largest absolute Gasteiger partial charge is 0.392 e. The Labute approximate surface area is 87.6 Å². The van der Waals surface area contributed by atoms with Gasteiger partial charge in [-0.3, -0.25) is 0 Å². The number of aliphatic hydroxyl groups excluding tert-OH is 2. The van der Waals surface area contributed by atoms with Crippen molar-refractivity contribution in [1.82, 2.24) is 0 Å². The summed E-state index contributed by atoms with van der Waals surface area (Å²) in [4.78, 5) is 0. The predicted molar refractivity (Wildman–Crippen MR) is 48.5 cm³/mol. The second kappa shape index (κ2) is 2.93. The van der Waals surface area contributed by atoms with Crippen molar-refractivity contribution in [2.75, 3.05) is 6.61 Å². The standard InChI is InChI=1S/C10H16O5/c1-4-8(12)5-2-6(11)15-9-7(5)10(4,13)3-14-9/h4-9,11-13H,2-3H2,1H3/t4-,5-,6+,7-,8-,9+,10+/m1/s1. The van der Waals surface area contributed by atoms with Gasteiger partial charge in [-0.15, -0.1) is 0 Å². The molecular formula is C10H16O5. The van der Waals surface area contributed by atoms with E-state index in [0.29, 0.717) is 6.42 Å². The molecule has 3 fully saturated rings. The summed E-state index contributed by atoms with van der Waals surface area (Å²) in [6.07, 6.45) is -1.66. The first kappa shape index (κ1) is 9.99. The molecule has 86 valence electrons. The minimum atomic E-state index is -0.991. The lowest BCUT2D eigenvalue weighted by atomic mass is 9.83. The third kappa shape index (κ3) is 1.10. The van der Waals surface area contributed by atoms with Crippen molar-refractivity contribution in [3.05, 3.63) is 0 Å². The minimum Gasteiger partial charge on any atom is -0.392 e. The highest BCUT2D eigenvalue weighted by molar-refractivity contribution is 5.11. The van der Waals surface area contributed by atoms with Crippen LogP contribution in [0, 0.1) is 17.8 Å². The van der Waals surface area contributed by atoms with Gasteiger partial charge < -0.3 is 24.8 Å². The third-order valence-corrected chi connectivity index (χ3v) is 4.31. The van der Waals surface area contributed by atoms with E-state index in [2.05, 4.69) is 0 Å². The molecule has 7 atom stereocenters. The topological polar surface area (TPSA) is 79.2 Å². The first-order valence-corrected chi connectivity index (χ1v) is 5.39. The van der Waals surface area contributed by atoms with E-state index in [0.717, 1.165) is 0 Å². The maximum atomic E-state index is 10.4. The molecule has 0 aromatic carbocycles. The summed E-state index contributed by atoms with van der Waals surface area (Å²) in [7, 11) is 0. The second-order valence-corrected chi connectivity index (χ2v) is 4.97. The maximum Gasteiger partial charge on any atom is 0.166 e. The lowest BCUT2D eigenvalue weighted by Crippen LogP contribution is -2.45. The first-order chi connectivity index (χ1) is 7.04. The van der Waals surface area contributed by atoms with E-state index in [1.807, 2.05) is 6.92 Å². The summed E-state index contributed by atoms with van der Waals surface area (Å²) in [5.74, 6) is -0.557. The number of hydrogen-bond acceptors (Lipinski definition) is 5. The van der Waals surface area contributed by atoms with Gasteiger partial charge in [0.25, 0.3) is 0 Å². The van der Waals surface area contributed by atoms with Crippen LogP contribution >= 0.6 is 0 Å². The molecule has 5 heteroatoms. The first-order valence-electron chi connectivity index (χ1n) is 5.39. The van der Waals surface area contributed by atoms with Crippen LogP contribution in [0.2, 0.25) is 0 Å². The van der Waals surface area contributed by atoms with Gasteiger partial charge in [-0.2, -0.15) is 0 Å². The SMILES string of the molecule is C[C@@H]1[C@@H](O)[C@@H]2C[C@@H](O)O[C@@H]3OC[C@@]1(O)[C@@H]32. The van der Waals surface area contributed by atoms with Crippen molar-refractivity contribution in [2.24, 2.45) is 17.8 Å². The van der Waals surface area contributed by atoms with Crippen LogP contribution in [0.15, 0.2) is 0 Å². The van der Waals surface area contributed by atoms with Gasteiger partial charge in [0.1, 0.15) is 5.60 Å². The summed E-state index contributed by atoms with van der Waals surface area (Å²) >= 11 is 0. The van der Waals surface area contributed by atoms with Gasteiger partial charge in [-0.1, -0.05) is 6.92 Å². The molecule has 2 heterocycles. The Hall–Kier alpha value is -0.200. The van der Waals surface area contributed by atoms with Gasteiger partial charge in [-0.25, -0.2) is 0 Å². The summed E-state index contributed by atoms with van der Waals surface area (Å²) < 4.78 is 10.6. The fraction of sp³-hybridized carbons (Fsp3) is 1.00. The monoisotopic (exact) mass is 216 g/mol. The summed E-state index contributed by atoms with van der Waals surface area (Å²) in [5.41, 5.74) is -0.991. The van der Waals surface area contributed by atoms with E-state index in [1.165, 1.54) is 0 Å². The molecule has 2 aliphatic heterocycles. The fourth-order valence-electron chi connectivity index (χ4n) is 3.39. The normalized spacial score (nSPS) is 63.2. The molecule has 3 rings (SSSR count). The number of ether oxygens (including phenoxy) is 2. The highest BCUT2D eigenvalue weighted by Crippen LogP contribution is 2.54. The summed E-state index contributed by atoms with van der Waals surface area (Å²) in [5, 5.41) is 29.9. The fourth-order valence-corrected chi connectivity index (χ4v) is 3.39. The van der Waals surface area contributed by atoms with E-state index < -0.39 is 24.3 Å². The summed E-state index contributed by atoms with van der Waals surface area (Å²) in [6.45, 7) is 2.00. The number of rotatable bonds is 0. The van der Waals surface area contributed by atoms with Crippen molar-refractivity contribution in [3.63, 3.8) is 0 Å². The number of aliphatic hydroxyl groups is 3. The average Bonchev–Trinajstić information content (AvgIpc) is 2.61. The molecule has 1 aliphatic carbocycles. The third-order valence-electron chi connectivity index (χ3n) is 4.31. The zero-order chi connectivity index (χ0) is 10.8. The lowest BCUT2D eigenvalue weighted by Gasteiger charge is -2.35.